The van der Waals surface area contributed by atoms with E-state index in [9.17, 15) is 12.8 Å². The minimum atomic E-state index is -3.95. The first kappa shape index (κ1) is 22.4. The number of nitrogens with one attached hydrogen (secondary N) is 2. The van der Waals surface area contributed by atoms with Crippen LogP contribution < -0.4 is 20.5 Å². The van der Waals surface area contributed by atoms with Crippen LogP contribution in [-0.4, -0.2) is 26.7 Å². The van der Waals surface area contributed by atoms with E-state index in [1.54, 1.807) is 62.1 Å². The van der Waals surface area contributed by atoms with E-state index < -0.39 is 22.5 Å². The molecule has 0 spiro atoms. The van der Waals surface area contributed by atoms with Crippen molar-refractivity contribution >= 4 is 27.6 Å². The summed E-state index contributed by atoms with van der Waals surface area (Å²) in [5.74, 6) is -0.880. The van der Waals surface area contributed by atoms with Crippen LogP contribution in [0.25, 0.3) is 5.70 Å². The molecular weight excluding hydrogens is 445 g/mol. The Morgan fingerprint density at radius 3 is 2.64 bits per heavy atom. The van der Waals surface area contributed by atoms with E-state index in [-0.39, 0.29) is 10.6 Å². The Morgan fingerprint density at radius 2 is 1.91 bits per heavy atom. The third-order valence-electron chi connectivity index (χ3n) is 5.11. The van der Waals surface area contributed by atoms with Crippen molar-refractivity contribution in [3.05, 3.63) is 89.8 Å². The van der Waals surface area contributed by atoms with E-state index in [4.69, 9.17) is 10.5 Å². The van der Waals surface area contributed by atoms with E-state index in [1.165, 1.54) is 24.3 Å². The van der Waals surface area contributed by atoms with Crippen molar-refractivity contribution in [1.29, 1.82) is 0 Å². The molecule has 0 fully saturated rings. The van der Waals surface area contributed by atoms with E-state index in [2.05, 4.69) is 20.0 Å². The largest absolute Gasteiger partial charge is 0.496 e. The van der Waals surface area contributed by atoms with E-state index in [0.717, 1.165) is 0 Å². The molecule has 0 bridgehead atoms. The predicted molar refractivity (Wildman–Crippen MR) is 125 cm³/mol. The van der Waals surface area contributed by atoms with Crippen LogP contribution in [0, 0.1) is 0 Å². The Morgan fingerprint density at radius 1 is 1.15 bits per heavy atom. The summed E-state index contributed by atoms with van der Waals surface area (Å²) in [4.78, 5) is 8.52. The summed E-state index contributed by atoms with van der Waals surface area (Å²) in [5.41, 5.74) is 8.93. The molecule has 10 heteroatoms. The van der Waals surface area contributed by atoms with Crippen LogP contribution in [-0.2, 0) is 22.5 Å². The van der Waals surface area contributed by atoms with Crippen molar-refractivity contribution < 1.29 is 17.5 Å². The van der Waals surface area contributed by atoms with Gasteiger partial charge in [-0.05, 0) is 35.9 Å². The number of nitrogens with zero attached hydrogens (tertiary/aromatic N) is 2. The number of aliphatic imine (C=N–C) groups is 1. The lowest BCUT2D eigenvalue weighted by Crippen LogP contribution is -2.49. The second-order valence-corrected chi connectivity index (χ2v) is 8.94. The van der Waals surface area contributed by atoms with Crippen molar-refractivity contribution in [3.63, 3.8) is 0 Å². The van der Waals surface area contributed by atoms with Gasteiger partial charge in [0.05, 0.1) is 29.0 Å². The molecule has 0 radical (unpaired) electrons. The highest BCUT2D eigenvalue weighted by molar-refractivity contribution is 7.92. The number of para-hydroxylation sites is 1. The lowest BCUT2D eigenvalue weighted by molar-refractivity contribution is 0.405. The number of allylic oxidation sites excluding steroid dienone is 1. The van der Waals surface area contributed by atoms with E-state index in [0.29, 0.717) is 28.1 Å². The first-order valence-corrected chi connectivity index (χ1v) is 11.4. The molecule has 2 heterocycles. The number of methoxy groups -OCH3 is 1. The van der Waals surface area contributed by atoms with Crippen LogP contribution >= 0.6 is 0 Å². The molecule has 8 nitrogen and oxygen atoms in total. The first-order chi connectivity index (χ1) is 15.9. The summed E-state index contributed by atoms with van der Waals surface area (Å²) in [6, 6.07) is 14.0. The molecule has 3 aromatic rings. The molecule has 1 aliphatic rings. The van der Waals surface area contributed by atoms with Crippen molar-refractivity contribution in [1.82, 2.24) is 10.3 Å². The molecule has 1 unspecified atom stereocenters. The average molecular weight is 468 g/mol. The standard InChI is InChI=1S/C23H22FN5O3S/c1-32-22-11-12-26-15-18(22)20-10-13-27-23(25,28-20)19-4-2-3-5-21(19)29-33(30,31)17-8-6-16(14-24)7-9-17/h2-13,15,28-29H,14,25H2,1H3. The molecule has 1 aliphatic heterocycles. The second-order valence-electron chi connectivity index (χ2n) is 7.25. The minimum Gasteiger partial charge on any atom is -0.496 e. The maximum Gasteiger partial charge on any atom is 0.261 e. The van der Waals surface area contributed by atoms with Gasteiger partial charge in [-0.25, -0.2) is 17.8 Å². The molecule has 1 atom stereocenters. The van der Waals surface area contributed by atoms with Crippen molar-refractivity contribution in [2.45, 2.75) is 17.4 Å². The zero-order chi connectivity index (χ0) is 23.5. The molecule has 0 saturated carbocycles. The summed E-state index contributed by atoms with van der Waals surface area (Å²) in [5, 5.41) is 3.16. The number of hydrogen-bond donors (Lipinski definition) is 3. The molecule has 170 valence electrons. The fraction of sp³-hybridized carbons (Fsp3) is 0.130. The van der Waals surface area contributed by atoms with Crippen LogP contribution in [0.3, 0.4) is 0 Å². The van der Waals surface area contributed by atoms with Crippen LogP contribution in [0.2, 0.25) is 0 Å². The van der Waals surface area contributed by atoms with Crippen molar-refractivity contribution in [2.24, 2.45) is 10.7 Å². The quantitative estimate of drug-likeness (QED) is 0.491. The predicted octanol–water partition coefficient (Wildman–Crippen LogP) is 3.14. The number of halogens is 1. The van der Waals surface area contributed by atoms with Crippen LogP contribution in [0.4, 0.5) is 10.1 Å². The van der Waals surface area contributed by atoms with Gasteiger partial charge < -0.3 is 10.1 Å². The monoisotopic (exact) mass is 467 g/mol. The molecule has 4 N–H and O–H groups in total. The maximum absolute atomic E-state index is 13.0. The summed E-state index contributed by atoms with van der Waals surface area (Å²) in [7, 11) is -2.40. The molecule has 2 aromatic carbocycles. The Balaban J connectivity index is 1.67. The number of aromatic nitrogens is 1. The molecule has 33 heavy (non-hydrogen) atoms. The van der Waals surface area contributed by atoms with Gasteiger partial charge in [0.25, 0.3) is 10.0 Å². The fourth-order valence-corrected chi connectivity index (χ4v) is 4.51. The third-order valence-corrected chi connectivity index (χ3v) is 6.49. The van der Waals surface area contributed by atoms with Crippen molar-refractivity contribution in [2.75, 3.05) is 11.8 Å². The number of hydrogen-bond acceptors (Lipinski definition) is 7. The number of nitrogens with two attached hydrogens (primary N) is 1. The van der Waals surface area contributed by atoms with Gasteiger partial charge in [0.2, 0.25) is 5.79 Å². The number of rotatable bonds is 7. The molecule has 4 rings (SSSR count). The number of ether oxygens (including phenoxy) is 1. The van der Waals surface area contributed by atoms with E-state index >= 15 is 0 Å². The van der Waals surface area contributed by atoms with Gasteiger partial charge in [0.1, 0.15) is 12.4 Å². The number of alkyl halides is 1. The highest BCUT2D eigenvalue weighted by Crippen LogP contribution is 2.33. The molecular formula is C23H22FN5O3S. The number of anilines is 1. The van der Waals surface area contributed by atoms with Crippen molar-refractivity contribution in [3.8, 4) is 5.75 Å². The normalized spacial score (nSPS) is 17.7. The Labute approximate surface area is 191 Å². The summed E-state index contributed by atoms with van der Waals surface area (Å²) in [6.45, 7) is -0.673. The van der Waals surface area contributed by atoms with Gasteiger partial charge in [-0.1, -0.05) is 30.3 Å². The topological polar surface area (TPSA) is 119 Å². The fourth-order valence-electron chi connectivity index (χ4n) is 3.43. The highest BCUT2D eigenvalue weighted by Gasteiger charge is 2.33. The molecule has 1 aromatic heterocycles. The highest BCUT2D eigenvalue weighted by atomic mass is 32.2. The number of sulfonamides is 1. The molecule has 0 saturated heterocycles. The summed E-state index contributed by atoms with van der Waals surface area (Å²) < 4.78 is 46.7. The maximum atomic E-state index is 13.0. The Bertz CT molecular complexity index is 1330. The van der Waals surface area contributed by atoms with Crippen LogP contribution in [0.15, 0.2) is 83.0 Å². The lowest BCUT2D eigenvalue weighted by atomic mass is 10.0. The van der Waals surface area contributed by atoms with E-state index in [1.807, 2.05) is 0 Å². The second kappa shape index (κ2) is 9.00. The lowest BCUT2D eigenvalue weighted by Gasteiger charge is -2.33. The van der Waals surface area contributed by atoms with Gasteiger partial charge in [-0.15, -0.1) is 0 Å². The number of benzene rings is 2. The van der Waals surface area contributed by atoms with Gasteiger partial charge >= 0.3 is 0 Å². The summed E-state index contributed by atoms with van der Waals surface area (Å²) in [6.07, 6.45) is 6.51. The van der Waals surface area contributed by atoms with Gasteiger partial charge in [0, 0.05) is 24.2 Å². The summed E-state index contributed by atoms with van der Waals surface area (Å²) >= 11 is 0. The number of pyridine rings is 1. The SMILES string of the molecule is COc1ccncc1C1=CC=NC(N)(c2ccccc2NS(=O)(=O)c2ccc(CF)cc2)N1. The smallest absolute Gasteiger partial charge is 0.261 e. The minimum absolute atomic E-state index is 0.00126. The average Bonchev–Trinajstić information content (AvgIpc) is 2.84. The van der Waals surface area contributed by atoms with Crippen LogP contribution in [0.5, 0.6) is 5.75 Å². The van der Waals surface area contributed by atoms with Gasteiger partial charge in [-0.2, -0.15) is 0 Å². The molecule has 0 amide bonds. The zero-order valence-electron chi connectivity index (χ0n) is 17.7. The Kier molecular flexibility index (Phi) is 6.12. The van der Waals surface area contributed by atoms with Gasteiger partial charge in [-0.3, -0.25) is 15.4 Å². The molecule has 0 aliphatic carbocycles. The third kappa shape index (κ3) is 4.57. The zero-order valence-corrected chi connectivity index (χ0v) is 18.5. The first-order valence-electron chi connectivity index (χ1n) is 9.94. The Hall–Kier alpha value is -3.76. The van der Waals surface area contributed by atoms with Gasteiger partial charge in [0.15, 0.2) is 0 Å². The van der Waals surface area contributed by atoms with Crippen LogP contribution in [0.1, 0.15) is 16.7 Å².